The van der Waals surface area contributed by atoms with Gasteiger partial charge in [-0.25, -0.2) is 4.98 Å². The van der Waals surface area contributed by atoms with Crippen LogP contribution in [0.15, 0.2) is 27.2 Å². The molecule has 2 amide bonds. The Morgan fingerprint density at radius 2 is 2.12 bits per heavy atom. The maximum atomic E-state index is 11.7. The number of thiazole rings is 1. The summed E-state index contributed by atoms with van der Waals surface area (Å²) in [6.45, 7) is 2.08. The number of carbonyl (C=O) groups is 3. The molecule has 0 saturated heterocycles. The van der Waals surface area contributed by atoms with Gasteiger partial charge in [-0.3, -0.25) is 25.2 Å². The molecule has 0 aliphatic rings. The number of amides is 2. The Labute approximate surface area is 150 Å². The van der Waals surface area contributed by atoms with Gasteiger partial charge in [-0.1, -0.05) is 17.8 Å². The van der Waals surface area contributed by atoms with Crippen molar-refractivity contribution in [3.05, 3.63) is 33.5 Å². The molecule has 2 aromatic heterocycles. The molecule has 0 unspecified atom stereocenters. The zero-order valence-corrected chi connectivity index (χ0v) is 15.2. The van der Waals surface area contributed by atoms with Gasteiger partial charge in [0.25, 0.3) is 5.91 Å². The molecule has 0 radical (unpaired) electrons. The Balaban J connectivity index is 1.71. The molecule has 24 heavy (non-hydrogen) atoms. The second-order valence-corrected chi connectivity index (χ2v) is 7.38. The number of hydrogen-bond acceptors (Lipinski definition) is 8. The quantitative estimate of drug-likeness (QED) is 0.429. The summed E-state index contributed by atoms with van der Waals surface area (Å²) in [5.74, 6) is -0.911. The highest BCUT2D eigenvalue weighted by atomic mass is 32.2. The number of thiophene rings is 1. The van der Waals surface area contributed by atoms with Crippen molar-refractivity contribution >= 4 is 52.2 Å². The van der Waals surface area contributed by atoms with Gasteiger partial charge in [-0.05, 0) is 18.4 Å². The summed E-state index contributed by atoms with van der Waals surface area (Å²) in [4.78, 5) is 39.5. The van der Waals surface area contributed by atoms with E-state index in [-0.39, 0.29) is 30.0 Å². The Kier molecular flexibility index (Phi) is 7.22. The molecule has 2 N–H and O–H groups in total. The van der Waals surface area contributed by atoms with Crippen molar-refractivity contribution in [1.29, 1.82) is 0 Å². The van der Waals surface area contributed by atoms with Gasteiger partial charge >= 0.3 is 5.97 Å². The zero-order valence-electron chi connectivity index (χ0n) is 12.7. The van der Waals surface area contributed by atoms with Crippen LogP contribution in [0.3, 0.4) is 0 Å². The first-order chi connectivity index (χ1) is 11.6. The SMILES string of the molecule is CCOC(=O)Cc1csc(SCC(=O)NNC(=O)c2cccs2)n1. The van der Waals surface area contributed by atoms with Crippen LogP contribution in [-0.4, -0.2) is 35.1 Å². The number of ether oxygens (including phenoxy) is 1. The molecule has 128 valence electrons. The van der Waals surface area contributed by atoms with Crippen LogP contribution in [0.4, 0.5) is 0 Å². The molecule has 0 atom stereocenters. The molecule has 2 heterocycles. The van der Waals surface area contributed by atoms with E-state index in [1.807, 2.05) is 0 Å². The summed E-state index contributed by atoms with van der Waals surface area (Å²) in [5, 5.41) is 3.54. The number of nitrogens with one attached hydrogen (secondary N) is 2. The van der Waals surface area contributed by atoms with Crippen LogP contribution in [0.1, 0.15) is 22.3 Å². The van der Waals surface area contributed by atoms with E-state index >= 15 is 0 Å². The van der Waals surface area contributed by atoms with Gasteiger partial charge in [0.2, 0.25) is 5.91 Å². The van der Waals surface area contributed by atoms with E-state index in [1.165, 1.54) is 34.4 Å². The first-order valence-corrected chi connectivity index (χ1v) is 9.68. The minimum Gasteiger partial charge on any atom is -0.466 e. The van der Waals surface area contributed by atoms with Gasteiger partial charge in [-0.15, -0.1) is 22.7 Å². The van der Waals surface area contributed by atoms with Crippen LogP contribution in [0.2, 0.25) is 0 Å². The topological polar surface area (TPSA) is 97.4 Å². The highest BCUT2D eigenvalue weighted by molar-refractivity contribution is 8.01. The molecule has 0 aliphatic carbocycles. The van der Waals surface area contributed by atoms with Crippen LogP contribution < -0.4 is 10.9 Å². The molecule has 2 rings (SSSR count). The fourth-order valence-corrected chi connectivity index (χ4v) is 3.82. The summed E-state index contributed by atoms with van der Waals surface area (Å²) in [5.41, 5.74) is 5.31. The van der Waals surface area contributed by atoms with E-state index in [1.54, 1.807) is 29.8 Å². The predicted molar refractivity (Wildman–Crippen MR) is 93.1 cm³/mol. The molecule has 0 aromatic carbocycles. The minimum atomic E-state index is -0.352. The summed E-state index contributed by atoms with van der Waals surface area (Å²) in [6.07, 6.45) is 0.119. The third kappa shape index (κ3) is 5.95. The van der Waals surface area contributed by atoms with Crippen LogP contribution in [-0.2, 0) is 20.7 Å². The summed E-state index contributed by atoms with van der Waals surface area (Å²) in [6, 6.07) is 3.43. The van der Waals surface area contributed by atoms with E-state index in [0.717, 1.165) is 0 Å². The molecule has 10 heteroatoms. The number of esters is 1. The summed E-state index contributed by atoms with van der Waals surface area (Å²) >= 11 is 3.88. The number of aromatic nitrogens is 1. The molecular weight excluding hydrogens is 370 g/mol. The van der Waals surface area contributed by atoms with Crippen LogP contribution in [0, 0.1) is 0 Å². The van der Waals surface area contributed by atoms with Gasteiger partial charge in [0.05, 0.1) is 29.4 Å². The van der Waals surface area contributed by atoms with E-state index in [0.29, 0.717) is 21.5 Å². The second-order valence-electron chi connectivity index (χ2n) is 4.35. The zero-order chi connectivity index (χ0) is 17.4. The van der Waals surface area contributed by atoms with Crippen molar-refractivity contribution in [1.82, 2.24) is 15.8 Å². The van der Waals surface area contributed by atoms with Crippen molar-refractivity contribution in [2.75, 3.05) is 12.4 Å². The highest BCUT2D eigenvalue weighted by Crippen LogP contribution is 2.22. The van der Waals surface area contributed by atoms with Gasteiger partial charge in [0, 0.05) is 5.38 Å². The monoisotopic (exact) mass is 385 g/mol. The molecule has 7 nitrogen and oxygen atoms in total. The predicted octanol–water partition coefficient (Wildman–Crippen LogP) is 1.86. The van der Waals surface area contributed by atoms with Gasteiger partial charge in [-0.2, -0.15) is 0 Å². The Morgan fingerprint density at radius 1 is 1.29 bits per heavy atom. The number of thioether (sulfide) groups is 1. The van der Waals surface area contributed by atoms with E-state index in [2.05, 4.69) is 15.8 Å². The normalized spacial score (nSPS) is 10.2. The Hall–Kier alpha value is -1.91. The summed E-state index contributed by atoms with van der Waals surface area (Å²) < 4.78 is 5.53. The average molecular weight is 385 g/mol. The van der Waals surface area contributed by atoms with E-state index < -0.39 is 0 Å². The number of carbonyl (C=O) groups excluding carboxylic acids is 3. The molecule has 0 saturated carbocycles. The third-order valence-corrected chi connectivity index (χ3v) is 5.49. The fraction of sp³-hybridized carbons (Fsp3) is 0.286. The van der Waals surface area contributed by atoms with Crippen LogP contribution in [0.25, 0.3) is 0 Å². The lowest BCUT2D eigenvalue weighted by atomic mass is 10.3. The van der Waals surface area contributed by atoms with Crippen LogP contribution in [0.5, 0.6) is 0 Å². The number of nitrogens with zero attached hydrogens (tertiary/aromatic N) is 1. The second kappa shape index (κ2) is 9.40. The lowest BCUT2D eigenvalue weighted by Crippen LogP contribution is -2.42. The van der Waals surface area contributed by atoms with Gasteiger partial charge in [0.1, 0.15) is 0 Å². The molecule has 0 fully saturated rings. The number of hydrogen-bond donors (Lipinski definition) is 2. The average Bonchev–Trinajstić information content (AvgIpc) is 3.22. The molecule has 0 aliphatic heterocycles. The van der Waals surface area contributed by atoms with Crippen molar-refractivity contribution in [2.24, 2.45) is 0 Å². The summed E-state index contributed by atoms with van der Waals surface area (Å²) in [7, 11) is 0. The lowest BCUT2D eigenvalue weighted by Gasteiger charge is -2.05. The number of hydrazine groups is 1. The van der Waals surface area contributed by atoms with Crippen LogP contribution >= 0.6 is 34.4 Å². The van der Waals surface area contributed by atoms with Crippen molar-refractivity contribution in [3.8, 4) is 0 Å². The highest BCUT2D eigenvalue weighted by Gasteiger charge is 2.11. The lowest BCUT2D eigenvalue weighted by molar-refractivity contribution is -0.142. The molecule has 0 bridgehead atoms. The number of rotatable bonds is 7. The maximum Gasteiger partial charge on any atom is 0.311 e. The van der Waals surface area contributed by atoms with E-state index in [4.69, 9.17) is 4.74 Å². The standard InChI is InChI=1S/C14H15N3O4S3/c1-2-21-12(19)6-9-7-23-14(15-9)24-8-11(18)16-17-13(20)10-4-3-5-22-10/h3-5,7H,2,6,8H2,1H3,(H,16,18)(H,17,20). The molecule has 0 spiro atoms. The van der Waals surface area contributed by atoms with Gasteiger partial charge in [0.15, 0.2) is 4.34 Å². The first kappa shape index (κ1) is 18.4. The molecular formula is C14H15N3O4S3. The third-order valence-electron chi connectivity index (χ3n) is 2.55. The van der Waals surface area contributed by atoms with Gasteiger partial charge < -0.3 is 4.74 Å². The Morgan fingerprint density at radius 3 is 2.83 bits per heavy atom. The largest absolute Gasteiger partial charge is 0.466 e. The van der Waals surface area contributed by atoms with Crippen molar-refractivity contribution in [3.63, 3.8) is 0 Å². The molecule has 2 aromatic rings. The minimum absolute atomic E-state index is 0.108. The first-order valence-electron chi connectivity index (χ1n) is 6.94. The smallest absolute Gasteiger partial charge is 0.311 e. The Bertz CT molecular complexity index is 700. The van der Waals surface area contributed by atoms with Crippen molar-refractivity contribution in [2.45, 2.75) is 17.7 Å². The maximum absolute atomic E-state index is 11.7. The van der Waals surface area contributed by atoms with E-state index in [9.17, 15) is 14.4 Å². The van der Waals surface area contributed by atoms with Crippen molar-refractivity contribution < 1.29 is 19.1 Å². The fourth-order valence-electron chi connectivity index (χ4n) is 1.55.